The summed E-state index contributed by atoms with van der Waals surface area (Å²) >= 11 is 9.05. The summed E-state index contributed by atoms with van der Waals surface area (Å²) < 4.78 is 4.62. The van der Waals surface area contributed by atoms with Crippen LogP contribution in [0.1, 0.15) is 13.8 Å². The Morgan fingerprint density at radius 2 is 2.23 bits per heavy atom. The van der Waals surface area contributed by atoms with Gasteiger partial charge in [0.1, 0.15) is 0 Å². The summed E-state index contributed by atoms with van der Waals surface area (Å²) in [6.45, 7) is 4.05. The van der Waals surface area contributed by atoms with E-state index in [-0.39, 0.29) is 22.3 Å². The first kappa shape index (κ1) is 12.2. The van der Waals surface area contributed by atoms with Crippen LogP contribution in [0.15, 0.2) is 5.57 Å². The van der Waals surface area contributed by atoms with E-state index in [1.165, 1.54) is 0 Å². The molecule has 0 rings (SSSR count). The van der Waals surface area contributed by atoms with Gasteiger partial charge in [-0.15, -0.1) is 4.20 Å². The summed E-state index contributed by atoms with van der Waals surface area (Å²) in [6, 6.07) is 0. The average Bonchev–Trinajstić information content (AvgIpc) is 2.01. The zero-order chi connectivity index (χ0) is 10.4. The normalized spacial score (nSPS) is 9.15. The Labute approximate surface area is 88.1 Å². The van der Waals surface area contributed by atoms with Gasteiger partial charge in [-0.1, -0.05) is 13.8 Å². The molecule has 0 aromatic carbocycles. The zero-order valence-corrected chi connectivity index (χ0v) is 9.00. The van der Waals surface area contributed by atoms with Crippen LogP contribution in [-0.4, -0.2) is 22.6 Å². The van der Waals surface area contributed by atoms with E-state index >= 15 is 0 Å². The van der Waals surface area contributed by atoms with Crippen molar-refractivity contribution in [3.8, 4) is 0 Å². The first-order chi connectivity index (χ1) is 5.99. The fourth-order valence-corrected chi connectivity index (χ4v) is 0.747. The Morgan fingerprint density at radius 1 is 1.69 bits per heavy atom. The maximum Gasteiger partial charge on any atom is 0.343 e. The SMILES string of the molecule is CC(C)COC(=O)C(=C=[N-])C(=S)[S-]. The number of carbonyl (C=O) groups excluding carboxylic acids is 1. The molecule has 0 heterocycles. The molecule has 0 saturated carbocycles. The van der Waals surface area contributed by atoms with E-state index in [1.54, 1.807) is 5.87 Å². The lowest BCUT2D eigenvalue weighted by molar-refractivity contribution is -0.139. The predicted octanol–water partition coefficient (Wildman–Crippen LogP) is 1.23. The van der Waals surface area contributed by atoms with Crippen LogP contribution in [0.25, 0.3) is 5.41 Å². The highest BCUT2D eigenvalue weighted by molar-refractivity contribution is 8.01. The molecular weight excluding hydrogens is 206 g/mol. The van der Waals surface area contributed by atoms with E-state index < -0.39 is 5.97 Å². The number of thiocarbonyl (C=S) groups is 1. The fourth-order valence-electron chi connectivity index (χ4n) is 0.489. The molecule has 13 heavy (non-hydrogen) atoms. The monoisotopic (exact) mass is 215 g/mol. The number of ether oxygens (including phenoxy) is 1. The van der Waals surface area contributed by atoms with Crippen molar-refractivity contribution in [2.75, 3.05) is 6.61 Å². The molecule has 0 unspecified atom stereocenters. The second-order valence-corrected chi connectivity index (χ2v) is 3.84. The summed E-state index contributed by atoms with van der Waals surface area (Å²) in [5.74, 6) is 1.12. The largest absolute Gasteiger partial charge is 0.763 e. The second kappa shape index (κ2) is 5.80. The highest BCUT2D eigenvalue weighted by atomic mass is 32.1. The van der Waals surface area contributed by atoms with Crippen LogP contribution in [0.5, 0.6) is 0 Å². The van der Waals surface area contributed by atoms with Crippen molar-refractivity contribution in [1.29, 1.82) is 0 Å². The topological polar surface area (TPSA) is 48.6 Å². The lowest BCUT2D eigenvalue weighted by Crippen LogP contribution is -2.16. The van der Waals surface area contributed by atoms with Crippen molar-refractivity contribution < 1.29 is 9.53 Å². The van der Waals surface area contributed by atoms with Crippen molar-refractivity contribution in [1.82, 2.24) is 0 Å². The highest BCUT2D eigenvalue weighted by Gasteiger charge is 2.07. The molecule has 0 atom stereocenters. The van der Waals surface area contributed by atoms with Gasteiger partial charge >= 0.3 is 5.97 Å². The molecule has 0 fully saturated rings. The van der Waals surface area contributed by atoms with E-state index in [0.717, 1.165) is 0 Å². The van der Waals surface area contributed by atoms with Crippen LogP contribution in [0, 0.1) is 5.92 Å². The van der Waals surface area contributed by atoms with Crippen molar-refractivity contribution in [3.63, 3.8) is 0 Å². The Bertz CT molecular complexity index is 267. The smallest absolute Gasteiger partial charge is 0.343 e. The van der Waals surface area contributed by atoms with Gasteiger partial charge in [0, 0.05) is 0 Å². The Kier molecular flexibility index (Phi) is 5.46. The number of esters is 1. The lowest BCUT2D eigenvalue weighted by Gasteiger charge is -2.11. The summed E-state index contributed by atoms with van der Waals surface area (Å²) in [5.41, 5.74) is -0.259. The molecule has 3 nitrogen and oxygen atoms in total. The maximum absolute atomic E-state index is 11.1. The molecule has 0 saturated heterocycles. The Hall–Kier alpha value is -0.770. The first-order valence-electron chi connectivity index (χ1n) is 3.64. The van der Waals surface area contributed by atoms with Crippen LogP contribution >= 0.6 is 12.2 Å². The molecule has 0 aromatic heterocycles. The van der Waals surface area contributed by atoms with Crippen LogP contribution in [0.2, 0.25) is 0 Å². The fraction of sp³-hybridized carbons (Fsp3) is 0.500. The number of carbonyl (C=O) groups is 1. The lowest BCUT2D eigenvalue weighted by atomic mass is 10.2. The number of hydrogen-bond donors (Lipinski definition) is 0. The summed E-state index contributed by atoms with van der Waals surface area (Å²) in [5, 5.41) is 8.49. The van der Waals surface area contributed by atoms with Gasteiger partial charge in [0.05, 0.1) is 12.2 Å². The molecule has 0 aliphatic heterocycles. The van der Waals surface area contributed by atoms with E-state index in [2.05, 4.69) is 24.8 Å². The van der Waals surface area contributed by atoms with Crippen molar-refractivity contribution in [3.05, 3.63) is 11.0 Å². The molecule has 0 aliphatic carbocycles. The average molecular weight is 215 g/mol. The third-order valence-corrected chi connectivity index (χ3v) is 1.48. The molecule has 5 heteroatoms. The van der Waals surface area contributed by atoms with Crippen LogP contribution in [0.3, 0.4) is 0 Å². The van der Waals surface area contributed by atoms with Gasteiger partial charge in [0.15, 0.2) is 0 Å². The number of nitrogens with zero attached hydrogens (tertiary/aromatic N) is 1. The molecule has 0 N–H and O–H groups in total. The van der Waals surface area contributed by atoms with E-state index in [0.29, 0.717) is 0 Å². The highest BCUT2D eigenvalue weighted by Crippen LogP contribution is 2.00. The van der Waals surface area contributed by atoms with Gasteiger partial charge in [-0.25, -0.2) is 4.79 Å². The number of hydrogen-bond acceptors (Lipinski definition) is 4. The van der Waals surface area contributed by atoms with Gasteiger partial charge in [-0.05, 0) is 5.92 Å². The molecule has 0 bridgehead atoms. The molecule has 72 valence electrons. The van der Waals surface area contributed by atoms with E-state index in [4.69, 9.17) is 10.1 Å². The minimum Gasteiger partial charge on any atom is -0.763 e. The molecule has 0 radical (unpaired) electrons. The summed E-state index contributed by atoms with van der Waals surface area (Å²) in [7, 11) is 0. The Morgan fingerprint density at radius 3 is 2.54 bits per heavy atom. The van der Waals surface area contributed by atoms with Gasteiger partial charge in [0.25, 0.3) is 0 Å². The van der Waals surface area contributed by atoms with Crippen LogP contribution in [-0.2, 0) is 22.2 Å². The predicted molar refractivity (Wildman–Crippen MR) is 57.6 cm³/mol. The van der Waals surface area contributed by atoms with Gasteiger partial charge in [0.2, 0.25) is 0 Å². The zero-order valence-electron chi connectivity index (χ0n) is 7.36. The van der Waals surface area contributed by atoms with Gasteiger partial charge in [-0.3, -0.25) is 5.87 Å². The molecule has 0 aliphatic rings. The van der Waals surface area contributed by atoms with E-state index in [1.807, 2.05) is 13.8 Å². The van der Waals surface area contributed by atoms with Crippen molar-refractivity contribution >= 4 is 40.9 Å². The summed E-state index contributed by atoms with van der Waals surface area (Å²) in [6.07, 6.45) is 0. The van der Waals surface area contributed by atoms with Crippen LogP contribution < -0.4 is 0 Å². The molecule has 0 spiro atoms. The second-order valence-electron chi connectivity index (χ2n) is 2.77. The number of rotatable bonds is 4. The summed E-state index contributed by atoms with van der Waals surface area (Å²) in [4.78, 5) is 11.1. The van der Waals surface area contributed by atoms with Gasteiger partial charge < -0.3 is 35.0 Å². The van der Waals surface area contributed by atoms with Crippen molar-refractivity contribution in [2.45, 2.75) is 13.8 Å². The Balaban J connectivity index is 4.26. The minimum absolute atomic E-state index is 0.142. The van der Waals surface area contributed by atoms with Gasteiger partial charge in [-0.2, -0.15) is 0 Å². The van der Waals surface area contributed by atoms with Crippen LogP contribution in [0.4, 0.5) is 0 Å². The molecule has 0 aromatic rings. The third kappa shape index (κ3) is 4.72. The molecular formula is C8H9NO2S2-2. The molecule has 0 amide bonds. The standard InChI is InChI=1S/C8H10NO2S2/c1-5(2)4-11-7(10)6(3-9)8(12)13/h5H,4H2,1-2H3,(H,12,13)/q-1/p-1. The van der Waals surface area contributed by atoms with E-state index in [9.17, 15) is 4.79 Å². The third-order valence-electron chi connectivity index (χ3n) is 1.07. The first-order valence-corrected chi connectivity index (χ1v) is 4.46. The maximum atomic E-state index is 11.1. The van der Waals surface area contributed by atoms with Crippen molar-refractivity contribution in [2.24, 2.45) is 5.92 Å². The minimum atomic E-state index is -0.726. The quantitative estimate of drug-likeness (QED) is 0.233.